The normalized spacial score (nSPS) is 10.8. The summed E-state index contributed by atoms with van der Waals surface area (Å²) in [5.41, 5.74) is 1.30. The molecule has 3 rings (SSSR count). The fourth-order valence-electron chi connectivity index (χ4n) is 2.10. The molecular formula is C15H10Br2FN3. The Morgan fingerprint density at radius 2 is 1.76 bits per heavy atom. The monoisotopic (exact) mass is 409 g/mol. The van der Waals surface area contributed by atoms with Gasteiger partial charge in [-0.25, -0.2) is 4.39 Å². The zero-order chi connectivity index (χ0) is 14.8. The molecule has 0 unspecified atom stereocenters. The van der Waals surface area contributed by atoms with Gasteiger partial charge in [-0.1, -0.05) is 40.2 Å². The highest BCUT2D eigenvalue weighted by Crippen LogP contribution is 2.29. The van der Waals surface area contributed by atoms with Crippen LogP contribution in [0.15, 0.2) is 53.0 Å². The van der Waals surface area contributed by atoms with Crippen molar-refractivity contribution in [2.75, 3.05) is 0 Å². The highest BCUT2D eigenvalue weighted by molar-refractivity contribution is 9.10. The molecule has 21 heavy (non-hydrogen) atoms. The molecule has 0 bridgehead atoms. The number of hydrogen-bond donors (Lipinski definition) is 0. The van der Waals surface area contributed by atoms with Crippen molar-refractivity contribution in [2.24, 2.45) is 0 Å². The van der Waals surface area contributed by atoms with Crippen LogP contribution in [0.25, 0.3) is 17.1 Å². The van der Waals surface area contributed by atoms with E-state index in [4.69, 9.17) is 0 Å². The standard InChI is InChI=1S/C15H10Br2FN3/c16-9-13-19-20-15(11-7-4-8-12(17)14(11)18)21(13)10-5-2-1-3-6-10/h1-8H,9H2. The van der Waals surface area contributed by atoms with Crippen LogP contribution in [0, 0.1) is 5.82 Å². The summed E-state index contributed by atoms with van der Waals surface area (Å²) in [5.74, 6) is 0.855. The van der Waals surface area contributed by atoms with Crippen molar-refractivity contribution in [3.8, 4) is 17.1 Å². The van der Waals surface area contributed by atoms with Gasteiger partial charge in [-0.05, 0) is 40.2 Å². The highest BCUT2D eigenvalue weighted by Gasteiger charge is 2.18. The maximum Gasteiger partial charge on any atom is 0.171 e. The number of rotatable bonds is 3. The lowest BCUT2D eigenvalue weighted by Crippen LogP contribution is -2.02. The Labute approximate surface area is 138 Å². The molecule has 0 aliphatic rings. The van der Waals surface area contributed by atoms with Crippen molar-refractivity contribution in [1.29, 1.82) is 0 Å². The molecule has 3 aromatic rings. The smallest absolute Gasteiger partial charge is 0.171 e. The summed E-state index contributed by atoms with van der Waals surface area (Å²) >= 11 is 6.60. The van der Waals surface area contributed by atoms with Crippen LogP contribution in [0.3, 0.4) is 0 Å². The van der Waals surface area contributed by atoms with E-state index in [1.807, 2.05) is 34.9 Å². The first-order valence-electron chi connectivity index (χ1n) is 6.22. The van der Waals surface area contributed by atoms with Crippen LogP contribution in [0.1, 0.15) is 5.82 Å². The van der Waals surface area contributed by atoms with Crippen LogP contribution < -0.4 is 0 Å². The summed E-state index contributed by atoms with van der Waals surface area (Å²) in [6.07, 6.45) is 0. The molecule has 0 saturated carbocycles. The van der Waals surface area contributed by atoms with Crippen molar-refractivity contribution in [3.63, 3.8) is 0 Å². The van der Waals surface area contributed by atoms with Gasteiger partial charge in [0, 0.05) is 5.69 Å². The van der Waals surface area contributed by atoms with Gasteiger partial charge in [0.25, 0.3) is 0 Å². The van der Waals surface area contributed by atoms with E-state index in [9.17, 15) is 4.39 Å². The number of nitrogens with zero attached hydrogens (tertiary/aromatic N) is 3. The molecule has 106 valence electrons. The first kappa shape index (κ1) is 14.4. The predicted octanol–water partition coefficient (Wildman–Crippen LogP) is 4.73. The first-order chi connectivity index (χ1) is 10.2. The zero-order valence-corrected chi connectivity index (χ0v) is 14.0. The topological polar surface area (TPSA) is 30.7 Å². The molecule has 0 N–H and O–H groups in total. The average Bonchev–Trinajstić information content (AvgIpc) is 2.94. The summed E-state index contributed by atoms with van der Waals surface area (Å²) in [4.78, 5) is 0. The molecule has 0 aliphatic heterocycles. The minimum Gasteiger partial charge on any atom is -0.278 e. The Hall–Kier alpha value is -1.53. The van der Waals surface area contributed by atoms with Gasteiger partial charge in [-0.2, -0.15) is 0 Å². The predicted molar refractivity (Wildman–Crippen MR) is 87.1 cm³/mol. The van der Waals surface area contributed by atoms with E-state index < -0.39 is 0 Å². The summed E-state index contributed by atoms with van der Waals surface area (Å²) in [5, 5.41) is 8.83. The summed E-state index contributed by atoms with van der Waals surface area (Å²) in [6, 6.07) is 14.8. The highest BCUT2D eigenvalue weighted by atomic mass is 79.9. The summed E-state index contributed by atoms with van der Waals surface area (Å²) in [7, 11) is 0. The van der Waals surface area contributed by atoms with Crippen molar-refractivity contribution >= 4 is 31.9 Å². The quantitative estimate of drug-likeness (QED) is 0.584. The molecule has 0 amide bonds. The Morgan fingerprint density at radius 3 is 2.48 bits per heavy atom. The lowest BCUT2D eigenvalue weighted by Gasteiger charge is -2.10. The molecule has 0 fully saturated rings. The fraction of sp³-hybridized carbons (Fsp3) is 0.0667. The van der Waals surface area contributed by atoms with Crippen molar-refractivity contribution in [1.82, 2.24) is 14.8 Å². The van der Waals surface area contributed by atoms with Crippen LogP contribution >= 0.6 is 31.9 Å². The van der Waals surface area contributed by atoms with Crippen LogP contribution in [-0.4, -0.2) is 14.8 Å². The van der Waals surface area contributed by atoms with Crippen LogP contribution in [0.2, 0.25) is 0 Å². The van der Waals surface area contributed by atoms with Gasteiger partial charge in [0.05, 0.1) is 15.4 Å². The molecular weight excluding hydrogens is 401 g/mol. The Balaban J connectivity index is 2.25. The fourth-order valence-corrected chi connectivity index (χ4v) is 2.83. The Morgan fingerprint density at radius 1 is 1.00 bits per heavy atom. The van der Waals surface area contributed by atoms with E-state index >= 15 is 0 Å². The summed E-state index contributed by atoms with van der Waals surface area (Å²) < 4.78 is 16.6. The maximum absolute atomic E-state index is 14.4. The van der Waals surface area contributed by atoms with Crippen molar-refractivity contribution < 1.29 is 4.39 Å². The van der Waals surface area contributed by atoms with E-state index in [2.05, 4.69) is 42.1 Å². The summed E-state index contributed by atoms with van der Waals surface area (Å²) in [6.45, 7) is 0. The first-order valence-corrected chi connectivity index (χ1v) is 8.14. The molecule has 0 saturated heterocycles. The number of aromatic nitrogens is 3. The minimum atomic E-state index is -0.344. The van der Waals surface area contributed by atoms with Gasteiger partial charge < -0.3 is 0 Å². The van der Waals surface area contributed by atoms with Gasteiger partial charge >= 0.3 is 0 Å². The van der Waals surface area contributed by atoms with Crippen LogP contribution in [0.4, 0.5) is 4.39 Å². The SMILES string of the molecule is Fc1c(Br)cccc1-c1nnc(CBr)n1-c1ccccc1. The van der Waals surface area contributed by atoms with E-state index in [-0.39, 0.29) is 5.82 Å². The molecule has 1 heterocycles. The molecule has 2 aromatic carbocycles. The lowest BCUT2D eigenvalue weighted by atomic mass is 10.2. The van der Waals surface area contributed by atoms with E-state index in [1.54, 1.807) is 18.2 Å². The second kappa shape index (κ2) is 6.07. The third-order valence-corrected chi connectivity index (χ3v) is 4.17. The molecule has 0 atom stereocenters. The molecule has 6 heteroatoms. The Bertz CT molecular complexity index is 772. The Kier molecular flexibility index (Phi) is 4.17. The largest absolute Gasteiger partial charge is 0.278 e. The van der Waals surface area contributed by atoms with Crippen LogP contribution in [-0.2, 0) is 5.33 Å². The van der Waals surface area contributed by atoms with Gasteiger partial charge in [0.2, 0.25) is 0 Å². The molecule has 1 aromatic heterocycles. The van der Waals surface area contributed by atoms with E-state index in [1.165, 1.54) is 0 Å². The van der Waals surface area contributed by atoms with Crippen molar-refractivity contribution in [2.45, 2.75) is 5.33 Å². The molecule has 0 aliphatic carbocycles. The van der Waals surface area contributed by atoms with E-state index in [0.29, 0.717) is 21.2 Å². The minimum absolute atomic E-state index is 0.344. The third-order valence-electron chi connectivity index (χ3n) is 3.06. The van der Waals surface area contributed by atoms with Gasteiger partial charge in [-0.15, -0.1) is 10.2 Å². The number of alkyl halides is 1. The third kappa shape index (κ3) is 2.65. The van der Waals surface area contributed by atoms with Gasteiger partial charge in [0.15, 0.2) is 5.82 Å². The van der Waals surface area contributed by atoms with Gasteiger partial charge in [0.1, 0.15) is 11.6 Å². The second-order valence-corrected chi connectivity index (χ2v) is 5.76. The second-order valence-electron chi connectivity index (χ2n) is 4.35. The zero-order valence-electron chi connectivity index (χ0n) is 10.8. The molecule has 0 radical (unpaired) electrons. The lowest BCUT2D eigenvalue weighted by molar-refractivity contribution is 0.623. The van der Waals surface area contributed by atoms with E-state index in [0.717, 1.165) is 11.5 Å². The molecule has 3 nitrogen and oxygen atoms in total. The van der Waals surface area contributed by atoms with Crippen LogP contribution in [0.5, 0.6) is 0 Å². The number of halogens is 3. The average molecular weight is 411 g/mol. The number of benzene rings is 2. The number of para-hydroxylation sites is 1. The molecule has 0 spiro atoms. The van der Waals surface area contributed by atoms with Gasteiger partial charge in [-0.3, -0.25) is 4.57 Å². The van der Waals surface area contributed by atoms with Crippen molar-refractivity contribution in [3.05, 3.63) is 64.6 Å². The maximum atomic E-state index is 14.4. The number of hydrogen-bond acceptors (Lipinski definition) is 2.